The lowest BCUT2D eigenvalue weighted by atomic mass is 9.79. The third-order valence-electron chi connectivity index (χ3n) is 4.53. The largest absolute Gasteiger partial charge is 0.338 e. The second-order valence-electron chi connectivity index (χ2n) is 7.08. The van der Waals surface area contributed by atoms with Gasteiger partial charge in [0.05, 0.1) is 0 Å². The van der Waals surface area contributed by atoms with Crippen LogP contribution in [0, 0.1) is 17.3 Å². The maximum Gasteiger partial charge on any atom is 0.223 e. The SMILES string of the molecule is CC1CCN(C(=O)CC(C)C(C)(C)C)C(CN)C1. The van der Waals surface area contributed by atoms with Crippen molar-refractivity contribution in [2.45, 2.75) is 59.9 Å². The number of likely N-dealkylation sites (tertiary alicyclic amines) is 1. The zero-order chi connectivity index (χ0) is 13.9. The van der Waals surface area contributed by atoms with Crippen molar-refractivity contribution in [3.63, 3.8) is 0 Å². The van der Waals surface area contributed by atoms with Crippen molar-refractivity contribution < 1.29 is 4.79 Å². The molecule has 0 aliphatic carbocycles. The Kier molecular flexibility index (Phi) is 5.20. The fourth-order valence-electron chi connectivity index (χ4n) is 2.49. The zero-order valence-electron chi connectivity index (χ0n) is 12.7. The van der Waals surface area contributed by atoms with E-state index in [9.17, 15) is 4.79 Å². The van der Waals surface area contributed by atoms with Gasteiger partial charge in [-0.2, -0.15) is 0 Å². The number of carbonyl (C=O) groups excluding carboxylic acids is 1. The van der Waals surface area contributed by atoms with Gasteiger partial charge in [-0.05, 0) is 30.1 Å². The van der Waals surface area contributed by atoms with Gasteiger partial charge in [-0.1, -0.05) is 34.6 Å². The van der Waals surface area contributed by atoms with Crippen LogP contribution in [0.4, 0.5) is 0 Å². The lowest BCUT2D eigenvalue weighted by Gasteiger charge is -2.39. The number of carbonyl (C=O) groups is 1. The van der Waals surface area contributed by atoms with Gasteiger partial charge in [0.15, 0.2) is 0 Å². The maximum absolute atomic E-state index is 12.4. The van der Waals surface area contributed by atoms with Crippen LogP contribution in [0.3, 0.4) is 0 Å². The zero-order valence-corrected chi connectivity index (χ0v) is 12.7. The molecule has 0 radical (unpaired) electrons. The summed E-state index contributed by atoms with van der Waals surface area (Å²) < 4.78 is 0. The fraction of sp³-hybridized carbons (Fsp3) is 0.933. The Morgan fingerprint density at radius 2 is 2.06 bits per heavy atom. The lowest BCUT2D eigenvalue weighted by Crippen LogP contribution is -2.49. The molecule has 3 heteroatoms. The van der Waals surface area contributed by atoms with Crippen molar-refractivity contribution in [2.75, 3.05) is 13.1 Å². The standard InChI is InChI=1S/C15H30N2O/c1-11-6-7-17(13(8-11)10-16)14(18)9-12(2)15(3,4)5/h11-13H,6-10,16H2,1-5H3. The molecule has 1 saturated heterocycles. The first-order chi connectivity index (χ1) is 8.25. The topological polar surface area (TPSA) is 46.3 Å². The number of nitrogens with two attached hydrogens (primary N) is 1. The summed E-state index contributed by atoms with van der Waals surface area (Å²) in [5.41, 5.74) is 6.01. The van der Waals surface area contributed by atoms with Crippen molar-refractivity contribution in [1.29, 1.82) is 0 Å². The quantitative estimate of drug-likeness (QED) is 0.841. The molecule has 0 saturated carbocycles. The van der Waals surface area contributed by atoms with Crippen molar-refractivity contribution in [1.82, 2.24) is 4.90 Å². The minimum atomic E-state index is 0.191. The number of piperidine rings is 1. The highest BCUT2D eigenvalue weighted by Gasteiger charge is 2.31. The van der Waals surface area contributed by atoms with Crippen LogP contribution in [0.25, 0.3) is 0 Å². The van der Waals surface area contributed by atoms with E-state index in [0.29, 0.717) is 30.7 Å². The van der Waals surface area contributed by atoms with Crippen molar-refractivity contribution in [2.24, 2.45) is 23.0 Å². The smallest absolute Gasteiger partial charge is 0.223 e. The van der Waals surface area contributed by atoms with Gasteiger partial charge >= 0.3 is 0 Å². The Morgan fingerprint density at radius 1 is 1.44 bits per heavy atom. The summed E-state index contributed by atoms with van der Waals surface area (Å²) in [6.07, 6.45) is 2.83. The highest BCUT2D eigenvalue weighted by molar-refractivity contribution is 5.77. The molecule has 0 aromatic rings. The third kappa shape index (κ3) is 3.98. The molecule has 1 rings (SSSR count). The molecule has 1 aliphatic heterocycles. The Hall–Kier alpha value is -0.570. The number of amides is 1. The first kappa shape index (κ1) is 15.5. The Morgan fingerprint density at radius 3 is 2.56 bits per heavy atom. The van der Waals surface area contributed by atoms with Crippen LogP contribution in [0.5, 0.6) is 0 Å². The summed E-state index contributed by atoms with van der Waals surface area (Å²) in [4.78, 5) is 14.4. The fourth-order valence-corrected chi connectivity index (χ4v) is 2.49. The van der Waals surface area contributed by atoms with E-state index in [1.165, 1.54) is 0 Å². The predicted octanol–water partition coefficient (Wildman–Crippen LogP) is 2.64. The van der Waals surface area contributed by atoms with E-state index in [4.69, 9.17) is 5.73 Å². The van der Waals surface area contributed by atoms with Gasteiger partial charge in [0.25, 0.3) is 0 Å². The molecule has 0 aromatic carbocycles. The van der Waals surface area contributed by atoms with Crippen LogP contribution in [0.15, 0.2) is 0 Å². The molecule has 2 N–H and O–H groups in total. The summed E-state index contributed by atoms with van der Waals surface area (Å²) in [5, 5.41) is 0. The molecule has 1 amide bonds. The van der Waals surface area contributed by atoms with Crippen LogP contribution in [-0.4, -0.2) is 29.9 Å². The van der Waals surface area contributed by atoms with E-state index < -0.39 is 0 Å². The van der Waals surface area contributed by atoms with E-state index >= 15 is 0 Å². The maximum atomic E-state index is 12.4. The Bertz CT molecular complexity index is 283. The van der Waals surface area contributed by atoms with Crippen LogP contribution in [0.2, 0.25) is 0 Å². The van der Waals surface area contributed by atoms with Crippen LogP contribution in [-0.2, 0) is 4.79 Å². The monoisotopic (exact) mass is 254 g/mol. The van der Waals surface area contributed by atoms with Crippen LogP contribution in [0.1, 0.15) is 53.9 Å². The minimum Gasteiger partial charge on any atom is -0.338 e. The summed E-state index contributed by atoms with van der Waals surface area (Å²) in [6, 6.07) is 0.258. The number of hydrogen-bond donors (Lipinski definition) is 1. The lowest BCUT2D eigenvalue weighted by molar-refractivity contribution is -0.137. The number of hydrogen-bond acceptors (Lipinski definition) is 2. The second-order valence-corrected chi connectivity index (χ2v) is 7.08. The normalized spacial score (nSPS) is 27.1. The summed E-state index contributed by atoms with van der Waals surface area (Å²) in [7, 11) is 0. The first-order valence-electron chi connectivity index (χ1n) is 7.25. The van der Waals surface area contributed by atoms with E-state index in [1.807, 2.05) is 4.90 Å². The molecular formula is C15H30N2O. The molecule has 3 atom stereocenters. The predicted molar refractivity (Wildman–Crippen MR) is 76.2 cm³/mol. The first-order valence-corrected chi connectivity index (χ1v) is 7.25. The van der Waals surface area contributed by atoms with Gasteiger partial charge in [-0.25, -0.2) is 0 Å². The average molecular weight is 254 g/mol. The molecule has 1 fully saturated rings. The molecule has 3 nitrogen and oxygen atoms in total. The van der Waals surface area contributed by atoms with Gasteiger partial charge in [0, 0.05) is 25.6 Å². The van der Waals surface area contributed by atoms with Gasteiger partial charge in [-0.3, -0.25) is 4.79 Å². The number of rotatable bonds is 3. The van der Waals surface area contributed by atoms with Crippen LogP contribution >= 0.6 is 0 Å². The van der Waals surface area contributed by atoms with E-state index in [-0.39, 0.29) is 11.5 Å². The molecule has 0 bridgehead atoms. The Labute approximate surface area is 112 Å². The average Bonchev–Trinajstić information content (AvgIpc) is 2.27. The summed E-state index contributed by atoms with van der Waals surface area (Å²) in [6.45, 7) is 12.5. The van der Waals surface area contributed by atoms with Crippen molar-refractivity contribution in [3.05, 3.63) is 0 Å². The van der Waals surface area contributed by atoms with Crippen molar-refractivity contribution >= 4 is 5.91 Å². The minimum absolute atomic E-state index is 0.191. The Balaban J connectivity index is 2.60. The molecule has 1 heterocycles. The summed E-state index contributed by atoms with van der Waals surface area (Å²) in [5.74, 6) is 1.39. The highest BCUT2D eigenvalue weighted by Crippen LogP contribution is 2.30. The van der Waals surface area contributed by atoms with E-state index in [2.05, 4.69) is 34.6 Å². The van der Waals surface area contributed by atoms with Gasteiger partial charge in [0.2, 0.25) is 5.91 Å². The molecule has 106 valence electrons. The van der Waals surface area contributed by atoms with Gasteiger partial charge in [0.1, 0.15) is 0 Å². The molecule has 0 aromatic heterocycles. The molecular weight excluding hydrogens is 224 g/mol. The van der Waals surface area contributed by atoms with Crippen LogP contribution < -0.4 is 5.73 Å². The third-order valence-corrected chi connectivity index (χ3v) is 4.53. The summed E-state index contributed by atoms with van der Waals surface area (Å²) >= 11 is 0. The van der Waals surface area contributed by atoms with Gasteiger partial charge < -0.3 is 10.6 Å². The van der Waals surface area contributed by atoms with Gasteiger partial charge in [-0.15, -0.1) is 0 Å². The molecule has 3 unspecified atom stereocenters. The van der Waals surface area contributed by atoms with E-state index in [0.717, 1.165) is 19.4 Å². The second kappa shape index (κ2) is 6.05. The van der Waals surface area contributed by atoms with Crippen molar-refractivity contribution in [3.8, 4) is 0 Å². The van der Waals surface area contributed by atoms with E-state index in [1.54, 1.807) is 0 Å². The molecule has 0 spiro atoms. The number of nitrogens with zero attached hydrogens (tertiary/aromatic N) is 1. The molecule has 1 aliphatic rings. The highest BCUT2D eigenvalue weighted by atomic mass is 16.2. The molecule has 18 heavy (non-hydrogen) atoms.